The van der Waals surface area contributed by atoms with Crippen LogP contribution in [0.25, 0.3) is 11.3 Å². The van der Waals surface area contributed by atoms with Gasteiger partial charge in [0, 0.05) is 10.6 Å². The molecule has 4 heteroatoms. The quantitative estimate of drug-likeness (QED) is 0.791. The predicted octanol–water partition coefficient (Wildman–Crippen LogP) is 2.93. The Hall–Kier alpha value is -1.61. The number of nitrogens with one attached hydrogen (secondary N) is 1. The normalized spacial score (nSPS) is 10.3. The first-order chi connectivity index (χ1) is 7.20. The standard InChI is InChI=1S/C11H9ClN2O/c1-7(15)9-6-13-14-11(9)8-4-2-3-5-10(8)12/h2-6H,1H3,(H,13,14). The van der Waals surface area contributed by atoms with E-state index in [2.05, 4.69) is 10.2 Å². The van der Waals surface area contributed by atoms with Crippen LogP contribution in [0.4, 0.5) is 0 Å². The molecule has 1 aromatic carbocycles. The van der Waals surface area contributed by atoms with Crippen molar-refractivity contribution in [1.29, 1.82) is 0 Å². The number of hydrogen-bond donors (Lipinski definition) is 1. The van der Waals surface area contributed by atoms with Crippen LogP contribution in [0.2, 0.25) is 5.02 Å². The van der Waals surface area contributed by atoms with Gasteiger partial charge in [-0.3, -0.25) is 9.89 Å². The average Bonchev–Trinajstić information content (AvgIpc) is 2.67. The first-order valence-electron chi connectivity index (χ1n) is 4.49. The van der Waals surface area contributed by atoms with Gasteiger partial charge in [0.15, 0.2) is 5.78 Å². The topological polar surface area (TPSA) is 45.8 Å². The number of Topliss-reactive ketones (excluding diaryl/α,β-unsaturated/α-hetero) is 1. The number of carbonyl (C=O) groups excluding carboxylic acids is 1. The lowest BCUT2D eigenvalue weighted by Crippen LogP contribution is -1.93. The first kappa shape index (κ1) is 9.93. The van der Waals surface area contributed by atoms with Gasteiger partial charge < -0.3 is 0 Å². The van der Waals surface area contributed by atoms with Gasteiger partial charge >= 0.3 is 0 Å². The minimum Gasteiger partial charge on any atom is -0.294 e. The summed E-state index contributed by atoms with van der Waals surface area (Å²) in [5.41, 5.74) is 2.03. The summed E-state index contributed by atoms with van der Waals surface area (Å²) in [6.07, 6.45) is 1.51. The minimum atomic E-state index is -0.0290. The van der Waals surface area contributed by atoms with Gasteiger partial charge in [-0.15, -0.1) is 0 Å². The Bertz CT molecular complexity index is 505. The largest absolute Gasteiger partial charge is 0.294 e. The molecule has 0 saturated carbocycles. The van der Waals surface area contributed by atoms with E-state index < -0.39 is 0 Å². The number of benzene rings is 1. The van der Waals surface area contributed by atoms with Crippen LogP contribution < -0.4 is 0 Å². The molecule has 0 unspecified atom stereocenters. The van der Waals surface area contributed by atoms with Crippen LogP contribution in [-0.4, -0.2) is 16.0 Å². The van der Waals surface area contributed by atoms with Gasteiger partial charge in [0.1, 0.15) is 0 Å². The van der Waals surface area contributed by atoms with Gasteiger partial charge in [-0.25, -0.2) is 0 Å². The Morgan fingerprint density at radius 2 is 2.13 bits per heavy atom. The molecule has 0 spiro atoms. The monoisotopic (exact) mass is 220 g/mol. The highest BCUT2D eigenvalue weighted by Crippen LogP contribution is 2.28. The maximum absolute atomic E-state index is 11.3. The molecular formula is C11H9ClN2O. The Morgan fingerprint density at radius 3 is 2.80 bits per heavy atom. The Kier molecular flexibility index (Phi) is 2.56. The molecule has 0 fully saturated rings. The Balaban J connectivity index is 2.59. The van der Waals surface area contributed by atoms with Crippen molar-refractivity contribution in [1.82, 2.24) is 10.2 Å². The maximum Gasteiger partial charge on any atom is 0.163 e. The number of halogens is 1. The van der Waals surface area contributed by atoms with Gasteiger partial charge in [0.2, 0.25) is 0 Å². The van der Waals surface area contributed by atoms with E-state index in [9.17, 15) is 4.79 Å². The lowest BCUT2D eigenvalue weighted by molar-refractivity contribution is 0.101. The fraction of sp³-hybridized carbons (Fsp3) is 0.0909. The summed E-state index contributed by atoms with van der Waals surface area (Å²) in [7, 11) is 0. The lowest BCUT2D eigenvalue weighted by Gasteiger charge is -2.02. The molecule has 0 atom stereocenters. The molecule has 15 heavy (non-hydrogen) atoms. The summed E-state index contributed by atoms with van der Waals surface area (Å²) in [6.45, 7) is 1.51. The fourth-order valence-corrected chi connectivity index (χ4v) is 1.65. The lowest BCUT2D eigenvalue weighted by atomic mass is 10.1. The minimum absolute atomic E-state index is 0.0290. The van der Waals surface area contributed by atoms with Crippen LogP contribution in [0.1, 0.15) is 17.3 Å². The summed E-state index contributed by atoms with van der Waals surface area (Å²) in [5, 5.41) is 7.25. The van der Waals surface area contributed by atoms with Crippen LogP contribution in [0.5, 0.6) is 0 Å². The van der Waals surface area contributed by atoms with Crippen LogP contribution in [0.3, 0.4) is 0 Å². The third kappa shape index (κ3) is 1.78. The van der Waals surface area contributed by atoms with Crippen molar-refractivity contribution in [3.05, 3.63) is 41.0 Å². The molecule has 1 N–H and O–H groups in total. The van der Waals surface area contributed by atoms with Gasteiger partial charge in [-0.2, -0.15) is 5.10 Å². The molecule has 3 nitrogen and oxygen atoms in total. The van der Waals surface area contributed by atoms with E-state index in [1.165, 1.54) is 13.1 Å². The molecule has 2 rings (SSSR count). The number of aromatic nitrogens is 2. The summed E-state index contributed by atoms with van der Waals surface area (Å²) < 4.78 is 0. The predicted molar refractivity (Wildman–Crippen MR) is 59.0 cm³/mol. The van der Waals surface area contributed by atoms with Gasteiger partial charge in [0.25, 0.3) is 0 Å². The zero-order valence-electron chi connectivity index (χ0n) is 8.12. The Morgan fingerprint density at radius 1 is 1.40 bits per heavy atom. The molecule has 0 bridgehead atoms. The third-order valence-electron chi connectivity index (χ3n) is 2.16. The van der Waals surface area contributed by atoms with E-state index >= 15 is 0 Å². The number of ketones is 1. The molecule has 0 aliphatic carbocycles. The number of H-pyrrole nitrogens is 1. The van der Waals surface area contributed by atoms with E-state index in [0.717, 1.165) is 5.56 Å². The molecule has 0 amide bonds. The molecule has 1 heterocycles. The highest BCUT2D eigenvalue weighted by molar-refractivity contribution is 6.33. The third-order valence-corrected chi connectivity index (χ3v) is 2.49. The van der Waals surface area contributed by atoms with Crippen LogP contribution >= 0.6 is 11.6 Å². The summed E-state index contributed by atoms with van der Waals surface area (Å²) in [5.74, 6) is -0.0290. The molecule has 0 saturated heterocycles. The van der Waals surface area contributed by atoms with Crippen LogP contribution in [0, 0.1) is 0 Å². The SMILES string of the molecule is CC(=O)c1cn[nH]c1-c1ccccc1Cl. The van der Waals surface area contributed by atoms with Gasteiger partial charge in [0.05, 0.1) is 17.5 Å². The van der Waals surface area contributed by atoms with Crippen LogP contribution in [-0.2, 0) is 0 Å². The van der Waals surface area contributed by atoms with Crippen molar-refractivity contribution in [3.8, 4) is 11.3 Å². The van der Waals surface area contributed by atoms with E-state index in [-0.39, 0.29) is 5.78 Å². The first-order valence-corrected chi connectivity index (χ1v) is 4.87. The van der Waals surface area contributed by atoms with Crippen molar-refractivity contribution in [2.24, 2.45) is 0 Å². The van der Waals surface area contributed by atoms with Crippen molar-refractivity contribution < 1.29 is 4.79 Å². The number of carbonyl (C=O) groups is 1. The molecule has 1 aromatic heterocycles. The Labute approximate surface area is 92.1 Å². The molecular weight excluding hydrogens is 212 g/mol. The highest BCUT2D eigenvalue weighted by atomic mass is 35.5. The molecule has 76 valence electrons. The van der Waals surface area contributed by atoms with Crippen molar-refractivity contribution in [2.75, 3.05) is 0 Å². The number of aromatic amines is 1. The zero-order valence-corrected chi connectivity index (χ0v) is 8.88. The smallest absolute Gasteiger partial charge is 0.163 e. The van der Waals surface area contributed by atoms with E-state index in [1.54, 1.807) is 6.07 Å². The summed E-state index contributed by atoms with van der Waals surface area (Å²) in [4.78, 5) is 11.3. The summed E-state index contributed by atoms with van der Waals surface area (Å²) in [6, 6.07) is 7.34. The van der Waals surface area contributed by atoms with E-state index in [1.807, 2.05) is 18.2 Å². The van der Waals surface area contributed by atoms with Crippen molar-refractivity contribution >= 4 is 17.4 Å². The van der Waals surface area contributed by atoms with Crippen LogP contribution in [0.15, 0.2) is 30.5 Å². The second-order valence-electron chi connectivity index (χ2n) is 3.19. The molecule has 2 aromatic rings. The molecule has 0 aliphatic rings. The van der Waals surface area contributed by atoms with E-state index in [4.69, 9.17) is 11.6 Å². The number of rotatable bonds is 2. The van der Waals surface area contributed by atoms with Crippen molar-refractivity contribution in [3.63, 3.8) is 0 Å². The van der Waals surface area contributed by atoms with Crippen molar-refractivity contribution in [2.45, 2.75) is 6.92 Å². The summed E-state index contributed by atoms with van der Waals surface area (Å²) >= 11 is 6.03. The van der Waals surface area contributed by atoms with Gasteiger partial charge in [-0.1, -0.05) is 29.8 Å². The molecule has 0 aliphatic heterocycles. The molecule has 0 radical (unpaired) electrons. The zero-order chi connectivity index (χ0) is 10.8. The highest BCUT2D eigenvalue weighted by Gasteiger charge is 2.13. The number of hydrogen-bond acceptors (Lipinski definition) is 2. The second kappa shape index (κ2) is 3.87. The second-order valence-corrected chi connectivity index (χ2v) is 3.60. The number of nitrogens with zero attached hydrogens (tertiary/aromatic N) is 1. The fourth-order valence-electron chi connectivity index (χ4n) is 1.42. The average molecular weight is 221 g/mol. The maximum atomic E-state index is 11.3. The van der Waals surface area contributed by atoms with E-state index in [0.29, 0.717) is 16.3 Å². The van der Waals surface area contributed by atoms with Gasteiger partial charge in [-0.05, 0) is 13.0 Å².